The highest BCUT2D eigenvalue weighted by Crippen LogP contribution is 2.34. The molecule has 2 heterocycles. The molecule has 1 aliphatic rings. The van der Waals surface area contributed by atoms with Crippen LogP contribution in [0.25, 0.3) is 10.9 Å². The zero-order valence-electron chi connectivity index (χ0n) is 18.1. The monoisotopic (exact) mass is 441 g/mol. The molecule has 0 bridgehead atoms. The molecule has 1 amide bonds. The van der Waals surface area contributed by atoms with Gasteiger partial charge in [0, 0.05) is 42.8 Å². The van der Waals surface area contributed by atoms with Crippen LogP contribution in [0.3, 0.4) is 0 Å². The Morgan fingerprint density at radius 2 is 1.84 bits per heavy atom. The molecule has 1 atom stereocenters. The zero-order valence-corrected chi connectivity index (χ0v) is 18.1. The van der Waals surface area contributed by atoms with E-state index < -0.39 is 23.8 Å². The smallest absolute Gasteiger partial charge is 0.266 e. The van der Waals surface area contributed by atoms with Gasteiger partial charge in [0.05, 0.1) is 17.1 Å². The van der Waals surface area contributed by atoms with Gasteiger partial charge >= 0.3 is 0 Å². The molecule has 1 N–H and O–H groups in total. The Labute approximate surface area is 185 Å². The van der Waals surface area contributed by atoms with Gasteiger partial charge in [-0.25, -0.2) is 13.2 Å². The third-order valence-corrected chi connectivity index (χ3v) is 6.31. The maximum absolute atomic E-state index is 14.6. The molecule has 1 saturated heterocycles. The van der Waals surface area contributed by atoms with Crippen molar-refractivity contribution in [3.8, 4) is 0 Å². The number of amides is 1. The van der Waals surface area contributed by atoms with Crippen LogP contribution in [0.4, 0.5) is 18.9 Å². The van der Waals surface area contributed by atoms with E-state index in [1.165, 1.54) is 17.7 Å². The fourth-order valence-electron chi connectivity index (χ4n) is 4.45. The highest BCUT2D eigenvalue weighted by molar-refractivity contribution is 5.91. The lowest BCUT2D eigenvalue weighted by molar-refractivity contribution is -0.129. The average Bonchev–Trinajstić information content (AvgIpc) is 2.79. The molecule has 0 saturated carbocycles. The number of benzene rings is 2. The third kappa shape index (κ3) is 4.42. The van der Waals surface area contributed by atoms with Crippen LogP contribution in [0.5, 0.6) is 0 Å². The largest absolute Gasteiger partial charge is 0.378 e. The minimum atomic E-state index is -2.86. The number of hydrogen-bond donors (Lipinski definition) is 1. The summed E-state index contributed by atoms with van der Waals surface area (Å²) < 4.78 is 40.8. The summed E-state index contributed by atoms with van der Waals surface area (Å²) in [6, 6.07) is 11.5. The van der Waals surface area contributed by atoms with Crippen LogP contribution in [0, 0.1) is 5.82 Å². The van der Waals surface area contributed by atoms with Gasteiger partial charge in [-0.15, -0.1) is 0 Å². The number of anilines is 1. The Morgan fingerprint density at radius 3 is 2.53 bits per heavy atom. The van der Waals surface area contributed by atoms with E-state index in [1.54, 1.807) is 20.0 Å². The molecule has 2 aromatic carbocycles. The second-order valence-electron chi connectivity index (χ2n) is 8.33. The number of halogens is 3. The number of fused-ring (bicyclic) bond motifs is 1. The molecule has 1 aromatic heterocycles. The number of piperidine rings is 1. The molecule has 0 aliphatic carbocycles. The van der Waals surface area contributed by atoms with Crippen molar-refractivity contribution in [3.05, 3.63) is 71.2 Å². The van der Waals surface area contributed by atoms with Gasteiger partial charge in [-0.05, 0) is 49.4 Å². The summed E-state index contributed by atoms with van der Waals surface area (Å²) in [5.74, 6) is -0.422. The molecular weight excluding hydrogens is 415 g/mol. The molecule has 0 unspecified atom stereocenters. The highest BCUT2D eigenvalue weighted by Gasteiger charge is 2.23. The van der Waals surface area contributed by atoms with Gasteiger partial charge in [0.15, 0.2) is 0 Å². The Balaban J connectivity index is 1.60. The summed E-state index contributed by atoms with van der Waals surface area (Å²) in [6.07, 6.45) is 0.613. The van der Waals surface area contributed by atoms with Gasteiger partial charge in [-0.3, -0.25) is 9.78 Å². The van der Waals surface area contributed by atoms with Crippen LogP contribution < -0.4 is 5.32 Å². The van der Waals surface area contributed by atoms with E-state index in [4.69, 9.17) is 0 Å². The predicted molar refractivity (Wildman–Crippen MR) is 119 cm³/mol. The quantitative estimate of drug-likeness (QED) is 0.512. The van der Waals surface area contributed by atoms with Crippen molar-refractivity contribution < 1.29 is 18.0 Å². The first kappa shape index (κ1) is 22.1. The van der Waals surface area contributed by atoms with E-state index in [0.717, 1.165) is 48.6 Å². The zero-order chi connectivity index (χ0) is 22.8. The molecule has 32 heavy (non-hydrogen) atoms. The fourth-order valence-corrected chi connectivity index (χ4v) is 4.45. The Hall–Kier alpha value is -3.09. The van der Waals surface area contributed by atoms with Crippen molar-refractivity contribution in [1.29, 1.82) is 0 Å². The molecular formula is C25H26F3N3O. The van der Waals surface area contributed by atoms with Gasteiger partial charge in [-0.2, -0.15) is 0 Å². The van der Waals surface area contributed by atoms with E-state index in [9.17, 15) is 18.0 Å². The van der Waals surface area contributed by atoms with Gasteiger partial charge in [0.1, 0.15) is 5.82 Å². The van der Waals surface area contributed by atoms with Crippen molar-refractivity contribution in [1.82, 2.24) is 9.88 Å². The second-order valence-corrected chi connectivity index (χ2v) is 8.33. The molecule has 0 radical (unpaired) electrons. The maximum atomic E-state index is 14.6. The van der Waals surface area contributed by atoms with Crippen LogP contribution in [-0.4, -0.2) is 28.9 Å². The molecule has 4 rings (SSSR count). The molecule has 1 aliphatic heterocycles. The number of pyridine rings is 1. The first-order valence-electron chi connectivity index (χ1n) is 10.8. The van der Waals surface area contributed by atoms with E-state index >= 15 is 0 Å². The third-order valence-electron chi connectivity index (χ3n) is 6.31. The summed E-state index contributed by atoms with van der Waals surface area (Å²) in [5.41, 5.74) is 2.35. The molecule has 168 valence electrons. The lowest BCUT2D eigenvalue weighted by Gasteiger charge is -2.31. The van der Waals surface area contributed by atoms with Gasteiger partial charge in [-0.1, -0.05) is 24.3 Å². The number of carbonyl (C=O) groups excluding carboxylic acids is 1. The first-order valence-corrected chi connectivity index (χ1v) is 10.8. The van der Waals surface area contributed by atoms with Crippen molar-refractivity contribution in [2.45, 2.75) is 45.1 Å². The lowest BCUT2D eigenvalue weighted by Crippen LogP contribution is -2.36. The topological polar surface area (TPSA) is 45.2 Å². The second kappa shape index (κ2) is 9.18. The van der Waals surface area contributed by atoms with Crippen LogP contribution in [0.15, 0.2) is 48.7 Å². The molecule has 1 fully saturated rings. The number of alkyl halides is 2. The normalized spacial score (nSPS) is 15.9. The van der Waals surface area contributed by atoms with Crippen molar-refractivity contribution >= 4 is 22.5 Å². The lowest BCUT2D eigenvalue weighted by atomic mass is 9.88. The van der Waals surface area contributed by atoms with Crippen molar-refractivity contribution in [2.75, 3.05) is 18.4 Å². The fraction of sp³-hybridized carbons (Fsp3) is 0.360. The Morgan fingerprint density at radius 1 is 1.12 bits per heavy atom. The summed E-state index contributed by atoms with van der Waals surface area (Å²) in [5, 5.41) is 4.18. The Bertz CT molecular complexity index is 1130. The van der Waals surface area contributed by atoms with Gasteiger partial charge in [0.2, 0.25) is 5.91 Å². The van der Waals surface area contributed by atoms with E-state index in [0.29, 0.717) is 5.92 Å². The number of rotatable bonds is 5. The number of likely N-dealkylation sites (tertiary alicyclic amines) is 1. The average molecular weight is 441 g/mol. The summed E-state index contributed by atoms with van der Waals surface area (Å²) >= 11 is 0. The maximum Gasteiger partial charge on any atom is 0.266 e. The number of nitrogens with one attached hydrogen (secondary N) is 1. The molecule has 3 aromatic rings. The van der Waals surface area contributed by atoms with Gasteiger partial charge in [0.25, 0.3) is 6.43 Å². The number of hydrogen-bond acceptors (Lipinski definition) is 3. The molecule has 4 nitrogen and oxygen atoms in total. The highest BCUT2D eigenvalue weighted by atomic mass is 19.3. The molecule has 7 heteroatoms. The van der Waals surface area contributed by atoms with Crippen molar-refractivity contribution in [3.63, 3.8) is 0 Å². The van der Waals surface area contributed by atoms with Crippen molar-refractivity contribution in [2.24, 2.45) is 0 Å². The minimum absolute atomic E-state index is 0.106. The standard InChI is InChI=1S/C25H26F3N3O/c1-15(19-4-3-5-20(24(19)26)25(27)28)30-23-8-11-29-22-7-6-18(14-21(22)23)17-9-12-31(13-10-17)16(2)32/h3-8,11,14-15,17,25H,9-10,12-13H2,1-2H3,(H,29,30)/t15-/m1/s1. The minimum Gasteiger partial charge on any atom is -0.378 e. The van der Waals surface area contributed by atoms with Crippen LogP contribution in [0.2, 0.25) is 0 Å². The SMILES string of the molecule is CC(=O)N1CCC(c2ccc3nccc(N[C@H](C)c4cccc(C(F)F)c4F)c3c2)CC1. The molecule has 0 spiro atoms. The van der Waals surface area contributed by atoms with E-state index in [-0.39, 0.29) is 11.5 Å². The van der Waals surface area contributed by atoms with Crippen LogP contribution >= 0.6 is 0 Å². The Kier molecular flexibility index (Phi) is 6.35. The van der Waals surface area contributed by atoms with Crippen LogP contribution in [-0.2, 0) is 4.79 Å². The van der Waals surface area contributed by atoms with E-state index in [1.807, 2.05) is 17.0 Å². The summed E-state index contributed by atoms with van der Waals surface area (Å²) in [4.78, 5) is 17.9. The number of aromatic nitrogens is 1. The first-order chi connectivity index (χ1) is 15.3. The summed E-state index contributed by atoms with van der Waals surface area (Å²) in [7, 11) is 0. The van der Waals surface area contributed by atoms with Gasteiger partial charge < -0.3 is 10.2 Å². The number of carbonyl (C=O) groups is 1. The summed E-state index contributed by atoms with van der Waals surface area (Å²) in [6.45, 7) is 4.84. The van der Waals surface area contributed by atoms with Crippen LogP contribution in [0.1, 0.15) is 61.8 Å². The predicted octanol–water partition coefficient (Wildman–Crippen LogP) is 6.21. The van der Waals surface area contributed by atoms with E-state index in [2.05, 4.69) is 22.4 Å². The number of nitrogens with zero attached hydrogens (tertiary/aromatic N) is 2.